The molecule has 0 amide bonds. The molecule has 0 spiro atoms. The topological polar surface area (TPSA) is 15.3 Å². The van der Waals surface area contributed by atoms with Crippen molar-refractivity contribution in [1.82, 2.24) is 5.32 Å². The van der Waals surface area contributed by atoms with Gasteiger partial charge < -0.3 is 10.2 Å². The van der Waals surface area contributed by atoms with Crippen LogP contribution in [0.25, 0.3) is 0 Å². The Hall–Kier alpha value is -1.09. The molecule has 1 aromatic rings. The van der Waals surface area contributed by atoms with Crippen LogP contribution in [0.4, 0.5) is 10.1 Å². The van der Waals surface area contributed by atoms with E-state index in [1.807, 2.05) is 20.0 Å². The summed E-state index contributed by atoms with van der Waals surface area (Å²) in [7, 11) is 1.92. The summed E-state index contributed by atoms with van der Waals surface area (Å²) in [6.07, 6.45) is 3.65. The Balaban J connectivity index is 2.45. The summed E-state index contributed by atoms with van der Waals surface area (Å²) in [5, 5.41) is 3.23. The SMILES string of the molecule is CCC1CCCN1c1cc(C)c(F)cc1C(C)NC. The van der Waals surface area contributed by atoms with Gasteiger partial charge >= 0.3 is 0 Å². The zero-order valence-electron chi connectivity index (χ0n) is 12.5. The minimum atomic E-state index is -0.104. The average Bonchev–Trinajstić information content (AvgIpc) is 2.88. The number of halogens is 1. The molecule has 1 aliphatic rings. The molecule has 0 saturated carbocycles. The lowest BCUT2D eigenvalue weighted by atomic mass is 10.0. The number of nitrogens with zero attached hydrogens (tertiary/aromatic N) is 1. The number of hydrogen-bond acceptors (Lipinski definition) is 2. The Labute approximate surface area is 116 Å². The summed E-state index contributed by atoms with van der Waals surface area (Å²) >= 11 is 0. The standard InChI is InChI=1S/C16H25FN2/c1-5-13-7-6-8-19(13)16-9-11(2)15(17)10-14(16)12(3)18-4/h9-10,12-13,18H,5-8H2,1-4H3. The van der Waals surface area contributed by atoms with Crippen molar-refractivity contribution in [3.8, 4) is 0 Å². The van der Waals surface area contributed by atoms with Gasteiger partial charge in [-0.2, -0.15) is 0 Å². The predicted octanol–water partition coefficient (Wildman–Crippen LogP) is 3.79. The number of nitrogens with one attached hydrogen (secondary N) is 1. The minimum Gasteiger partial charge on any atom is -0.368 e. The molecule has 2 nitrogen and oxygen atoms in total. The normalized spacial score (nSPS) is 20.9. The van der Waals surface area contributed by atoms with Gasteiger partial charge in [-0.3, -0.25) is 0 Å². The van der Waals surface area contributed by atoms with Crippen molar-refractivity contribution in [2.45, 2.75) is 52.1 Å². The van der Waals surface area contributed by atoms with E-state index in [1.165, 1.54) is 18.5 Å². The number of hydrogen-bond donors (Lipinski definition) is 1. The van der Waals surface area contributed by atoms with Crippen LogP contribution >= 0.6 is 0 Å². The zero-order chi connectivity index (χ0) is 14.0. The summed E-state index contributed by atoms with van der Waals surface area (Å²) in [6, 6.07) is 4.50. The van der Waals surface area contributed by atoms with Crippen LogP contribution in [-0.2, 0) is 0 Å². The summed E-state index contributed by atoms with van der Waals surface area (Å²) in [6.45, 7) is 7.27. The molecule has 1 saturated heterocycles. The third-order valence-electron chi connectivity index (χ3n) is 4.37. The maximum atomic E-state index is 13.9. The van der Waals surface area contributed by atoms with Crippen LogP contribution in [0.5, 0.6) is 0 Å². The number of rotatable bonds is 4. The average molecular weight is 264 g/mol. The molecule has 106 valence electrons. The molecular weight excluding hydrogens is 239 g/mol. The molecular formula is C16H25FN2. The lowest BCUT2D eigenvalue weighted by Gasteiger charge is -2.30. The van der Waals surface area contributed by atoms with Gasteiger partial charge in [0.05, 0.1) is 0 Å². The fraction of sp³-hybridized carbons (Fsp3) is 0.625. The van der Waals surface area contributed by atoms with Gasteiger partial charge in [-0.05, 0) is 63.4 Å². The first-order valence-electron chi connectivity index (χ1n) is 7.32. The molecule has 1 aromatic carbocycles. The Morgan fingerprint density at radius 2 is 2.21 bits per heavy atom. The Morgan fingerprint density at radius 3 is 2.84 bits per heavy atom. The van der Waals surface area contributed by atoms with Crippen LogP contribution in [0.1, 0.15) is 50.3 Å². The molecule has 2 atom stereocenters. The maximum absolute atomic E-state index is 13.9. The van der Waals surface area contributed by atoms with E-state index in [2.05, 4.69) is 24.1 Å². The first-order valence-corrected chi connectivity index (χ1v) is 7.32. The second kappa shape index (κ2) is 5.91. The first kappa shape index (κ1) is 14.3. The van der Waals surface area contributed by atoms with Crippen LogP contribution in [-0.4, -0.2) is 19.6 Å². The second-order valence-corrected chi connectivity index (χ2v) is 5.57. The zero-order valence-corrected chi connectivity index (χ0v) is 12.5. The van der Waals surface area contributed by atoms with Crippen molar-refractivity contribution in [3.05, 3.63) is 29.1 Å². The van der Waals surface area contributed by atoms with E-state index in [0.29, 0.717) is 6.04 Å². The Bertz CT molecular complexity index is 445. The summed E-state index contributed by atoms with van der Waals surface area (Å²) < 4.78 is 13.9. The third-order valence-corrected chi connectivity index (χ3v) is 4.37. The molecule has 2 unspecified atom stereocenters. The molecule has 1 fully saturated rings. The Kier molecular flexibility index (Phi) is 4.46. The minimum absolute atomic E-state index is 0.104. The van der Waals surface area contributed by atoms with Crippen molar-refractivity contribution >= 4 is 5.69 Å². The quantitative estimate of drug-likeness (QED) is 0.890. The van der Waals surface area contributed by atoms with Gasteiger partial charge in [0.15, 0.2) is 0 Å². The largest absolute Gasteiger partial charge is 0.368 e. The highest BCUT2D eigenvalue weighted by Gasteiger charge is 2.26. The van der Waals surface area contributed by atoms with Crippen molar-refractivity contribution in [2.75, 3.05) is 18.5 Å². The van der Waals surface area contributed by atoms with Crippen LogP contribution in [0.2, 0.25) is 0 Å². The molecule has 2 rings (SSSR count). The molecule has 1 N–H and O–H groups in total. The van der Waals surface area contributed by atoms with Crippen LogP contribution < -0.4 is 10.2 Å². The van der Waals surface area contributed by atoms with Gasteiger partial charge in [-0.25, -0.2) is 4.39 Å². The van der Waals surface area contributed by atoms with E-state index < -0.39 is 0 Å². The van der Waals surface area contributed by atoms with Crippen LogP contribution in [0, 0.1) is 12.7 Å². The number of benzene rings is 1. The molecule has 1 aliphatic heterocycles. The fourth-order valence-corrected chi connectivity index (χ4v) is 3.01. The van der Waals surface area contributed by atoms with Crippen molar-refractivity contribution in [3.63, 3.8) is 0 Å². The van der Waals surface area contributed by atoms with Gasteiger partial charge in [0.2, 0.25) is 0 Å². The fourth-order valence-electron chi connectivity index (χ4n) is 3.01. The molecule has 3 heteroatoms. The van der Waals surface area contributed by atoms with Crippen LogP contribution in [0.3, 0.4) is 0 Å². The molecule has 1 heterocycles. The second-order valence-electron chi connectivity index (χ2n) is 5.57. The van der Waals surface area contributed by atoms with Crippen LogP contribution in [0.15, 0.2) is 12.1 Å². The van der Waals surface area contributed by atoms with E-state index in [-0.39, 0.29) is 11.9 Å². The van der Waals surface area contributed by atoms with E-state index >= 15 is 0 Å². The highest BCUT2D eigenvalue weighted by Crippen LogP contribution is 2.34. The van der Waals surface area contributed by atoms with E-state index in [1.54, 1.807) is 6.07 Å². The number of aryl methyl sites for hydroxylation is 1. The molecule has 0 aromatic heterocycles. The van der Waals surface area contributed by atoms with Gasteiger partial charge in [-0.15, -0.1) is 0 Å². The van der Waals surface area contributed by atoms with Gasteiger partial charge in [0.25, 0.3) is 0 Å². The lowest BCUT2D eigenvalue weighted by Crippen LogP contribution is -2.30. The van der Waals surface area contributed by atoms with Gasteiger partial charge in [0.1, 0.15) is 5.82 Å². The molecule has 0 aliphatic carbocycles. The van der Waals surface area contributed by atoms with Gasteiger partial charge in [-0.1, -0.05) is 6.92 Å². The summed E-state index contributed by atoms with van der Waals surface area (Å²) in [5.74, 6) is -0.104. The molecule has 0 radical (unpaired) electrons. The highest BCUT2D eigenvalue weighted by molar-refractivity contribution is 5.58. The van der Waals surface area contributed by atoms with Crippen molar-refractivity contribution < 1.29 is 4.39 Å². The van der Waals surface area contributed by atoms with Crippen molar-refractivity contribution in [1.29, 1.82) is 0 Å². The highest BCUT2D eigenvalue weighted by atomic mass is 19.1. The third kappa shape index (κ3) is 2.76. The predicted molar refractivity (Wildman–Crippen MR) is 79.3 cm³/mol. The number of anilines is 1. The monoisotopic (exact) mass is 264 g/mol. The summed E-state index contributed by atoms with van der Waals surface area (Å²) in [5.41, 5.74) is 3.03. The van der Waals surface area contributed by atoms with Crippen molar-refractivity contribution in [2.24, 2.45) is 0 Å². The maximum Gasteiger partial charge on any atom is 0.126 e. The summed E-state index contributed by atoms with van der Waals surface area (Å²) in [4.78, 5) is 2.47. The smallest absolute Gasteiger partial charge is 0.126 e. The molecule has 0 bridgehead atoms. The van der Waals surface area contributed by atoms with E-state index in [9.17, 15) is 4.39 Å². The molecule has 19 heavy (non-hydrogen) atoms. The van der Waals surface area contributed by atoms with Gasteiger partial charge in [0, 0.05) is 24.3 Å². The van der Waals surface area contributed by atoms with E-state index in [0.717, 1.165) is 24.1 Å². The van der Waals surface area contributed by atoms with E-state index in [4.69, 9.17) is 0 Å². The first-order chi connectivity index (χ1) is 9.08. The lowest BCUT2D eigenvalue weighted by molar-refractivity contribution is 0.593. The Morgan fingerprint density at radius 1 is 1.47 bits per heavy atom.